The average Bonchev–Trinajstić information content (AvgIpc) is 2.85. The third kappa shape index (κ3) is 2.58. The maximum Gasteiger partial charge on any atom is 0.350 e. The second-order valence-corrected chi connectivity index (χ2v) is 5.10. The standard InChI is InChI=1S/C11H17N3O2S/c1-3-16-10(15)9-7(2)13-11(17-9)14-5-4-8(12)6-14/h8H,3-6,12H2,1-2H3/t8-/m0/s1. The van der Waals surface area contributed by atoms with Crippen LogP contribution in [-0.2, 0) is 4.74 Å². The first-order chi connectivity index (χ1) is 8.11. The third-order valence-electron chi connectivity index (χ3n) is 2.74. The first kappa shape index (κ1) is 12.3. The smallest absolute Gasteiger partial charge is 0.350 e. The highest BCUT2D eigenvalue weighted by Crippen LogP contribution is 2.28. The highest BCUT2D eigenvalue weighted by atomic mass is 32.1. The molecule has 2 heterocycles. The first-order valence-corrected chi connectivity index (χ1v) is 6.58. The number of carbonyl (C=O) groups is 1. The van der Waals surface area contributed by atoms with Gasteiger partial charge in [0, 0.05) is 19.1 Å². The molecule has 0 spiro atoms. The zero-order valence-electron chi connectivity index (χ0n) is 10.1. The molecule has 1 aliphatic rings. The molecule has 1 atom stereocenters. The lowest BCUT2D eigenvalue weighted by Crippen LogP contribution is -2.26. The van der Waals surface area contributed by atoms with Crippen LogP contribution in [0.3, 0.4) is 0 Å². The van der Waals surface area contributed by atoms with Crippen LogP contribution in [0, 0.1) is 6.92 Å². The number of aryl methyl sites for hydroxylation is 1. The quantitative estimate of drug-likeness (QED) is 0.821. The molecule has 5 nitrogen and oxygen atoms in total. The number of hydrogen-bond acceptors (Lipinski definition) is 6. The Labute approximate surface area is 105 Å². The fraction of sp³-hybridized carbons (Fsp3) is 0.636. The largest absolute Gasteiger partial charge is 0.462 e. The van der Waals surface area contributed by atoms with Crippen molar-refractivity contribution in [3.8, 4) is 0 Å². The molecule has 0 saturated carbocycles. The lowest BCUT2D eigenvalue weighted by Gasteiger charge is -2.12. The lowest BCUT2D eigenvalue weighted by molar-refractivity contribution is 0.0531. The van der Waals surface area contributed by atoms with E-state index in [4.69, 9.17) is 10.5 Å². The number of nitrogens with zero attached hydrogens (tertiary/aromatic N) is 2. The van der Waals surface area contributed by atoms with E-state index in [-0.39, 0.29) is 12.0 Å². The van der Waals surface area contributed by atoms with Crippen molar-refractivity contribution in [2.75, 3.05) is 24.6 Å². The van der Waals surface area contributed by atoms with E-state index in [9.17, 15) is 4.79 Å². The van der Waals surface area contributed by atoms with Crippen LogP contribution < -0.4 is 10.6 Å². The Morgan fingerprint density at radius 1 is 1.71 bits per heavy atom. The predicted octanol–water partition coefficient (Wildman–Crippen LogP) is 1.17. The number of anilines is 1. The van der Waals surface area contributed by atoms with Gasteiger partial charge in [-0.05, 0) is 20.3 Å². The molecule has 0 unspecified atom stereocenters. The van der Waals surface area contributed by atoms with Crippen LogP contribution >= 0.6 is 11.3 Å². The van der Waals surface area contributed by atoms with Crippen LogP contribution in [-0.4, -0.2) is 36.7 Å². The van der Waals surface area contributed by atoms with Crippen LogP contribution in [0.25, 0.3) is 0 Å². The molecule has 0 aliphatic carbocycles. The van der Waals surface area contributed by atoms with Crippen LogP contribution in [0.1, 0.15) is 28.7 Å². The number of aromatic nitrogens is 1. The number of nitrogens with two attached hydrogens (primary N) is 1. The number of hydrogen-bond donors (Lipinski definition) is 1. The molecule has 0 radical (unpaired) electrons. The summed E-state index contributed by atoms with van der Waals surface area (Å²) >= 11 is 1.39. The molecule has 2 rings (SSSR count). The molecule has 1 aromatic rings. The molecule has 1 aromatic heterocycles. The van der Waals surface area contributed by atoms with Gasteiger partial charge in [-0.25, -0.2) is 9.78 Å². The Morgan fingerprint density at radius 3 is 3.06 bits per heavy atom. The van der Waals surface area contributed by atoms with Gasteiger partial charge in [-0.1, -0.05) is 11.3 Å². The van der Waals surface area contributed by atoms with Crippen LogP contribution in [0.2, 0.25) is 0 Å². The number of carbonyl (C=O) groups excluding carboxylic acids is 1. The summed E-state index contributed by atoms with van der Waals surface area (Å²) in [5, 5.41) is 0.874. The lowest BCUT2D eigenvalue weighted by atomic mass is 10.3. The van der Waals surface area contributed by atoms with Crippen molar-refractivity contribution in [1.82, 2.24) is 4.98 Å². The molecule has 94 valence electrons. The van der Waals surface area contributed by atoms with E-state index in [0.717, 1.165) is 30.3 Å². The number of thiazole rings is 1. The van der Waals surface area contributed by atoms with Gasteiger partial charge in [0.2, 0.25) is 0 Å². The van der Waals surface area contributed by atoms with Gasteiger partial charge in [0.1, 0.15) is 4.88 Å². The van der Waals surface area contributed by atoms with E-state index >= 15 is 0 Å². The Kier molecular flexibility index (Phi) is 3.63. The molecule has 1 saturated heterocycles. The van der Waals surface area contributed by atoms with Gasteiger partial charge in [0.25, 0.3) is 0 Å². The highest BCUT2D eigenvalue weighted by Gasteiger charge is 2.24. The summed E-state index contributed by atoms with van der Waals surface area (Å²) in [7, 11) is 0. The minimum atomic E-state index is -0.280. The van der Waals surface area contributed by atoms with Gasteiger partial charge in [-0.15, -0.1) is 0 Å². The van der Waals surface area contributed by atoms with Crippen molar-refractivity contribution in [3.05, 3.63) is 10.6 Å². The zero-order valence-corrected chi connectivity index (χ0v) is 10.9. The van der Waals surface area contributed by atoms with Crippen LogP contribution in [0.4, 0.5) is 5.13 Å². The topological polar surface area (TPSA) is 68.5 Å². The van der Waals surface area contributed by atoms with Gasteiger partial charge in [0.15, 0.2) is 5.13 Å². The zero-order chi connectivity index (χ0) is 12.4. The summed E-state index contributed by atoms with van der Waals surface area (Å²) < 4.78 is 4.99. The van der Waals surface area contributed by atoms with E-state index < -0.39 is 0 Å². The minimum absolute atomic E-state index is 0.213. The van der Waals surface area contributed by atoms with Crippen molar-refractivity contribution < 1.29 is 9.53 Å². The van der Waals surface area contributed by atoms with Crippen LogP contribution in [0.5, 0.6) is 0 Å². The number of esters is 1. The molecule has 0 bridgehead atoms. The molecule has 0 aromatic carbocycles. The van der Waals surface area contributed by atoms with E-state index in [1.165, 1.54) is 11.3 Å². The number of ether oxygens (including phenoxy) is 1. The summed E-state index contributed by atoms with van der Waals surface area (Å²) in [6.07, 6.45) is 0.980. The predicted molar refractivity (Wildman–Crippen MR) is 67.6 cm³/mol. The highest BCUT2D eigenvalue weighted by molar-refractivity contribution is 7.17. The second kappa shape index (κ2) is 5.01. The van der Waals surface area contributed by atoms with Gasteiger partial charge in [0.05, 0.1) is 12.3 Å². The fourth-order valence-electron chi connectivity index (χ4n) is 1.86. The van der Waals surface area contributed by atoms with E-state index in [1.54, 1.807) is 6.92 Å². The fourth-order valence-corrected chi connectivity index (χ4v) is 2.86. The molecular weight excluding hydrogens is 238 g/mol. The molecular formula is C11H17N3O2S. The first-order valence-electron chi connectivity index (χ1n) is 5.77. The SMILES string of the molecule is CCOC(=O)c1sc(N2CC[C@H](N)C2)nc1C. The van der Waals surface area contributed by atoms with Crippen LogP contribution in [0.15, 0.2) is 0 Å². The summed E-state index contributed by atoms with van der Waals surface area (Å²) in [4.78, 5) is 18.8. The maximum atomic E-state index is 11.7. The van der Waals surface area contributed by atoms with E-state index in [2.05, 4.69) is 9.88 Å². The molecule has 6 heteroatoms. The summed E-state index contributed by atoms with van der Waals surface area (Å²) in [5.74, 6) is -0.280. The van der Waals surface area contributed by atoms with Crippen molar-refractivity contribution in [2.24, 2.45) is 5.73 Å². The third-order valence-corrected chi connectivity index (χ3v) is 3.94. The molecule has 1 fully saturated rings. The molecule has 17 heavy (non-hydrogen) atoms. The van der Waals surface area contributed by atoms with Crippen molar-refractivity contribution in [2.45, 2.75) is 26.3 Å². The summed E-state index contributed by atoms with van der Waals surface area (Å²) in [5.41, 5.74) is 6.60. The molecule has 0 amide bonds. The monoisotopic (exact) mass is 255 g/mol. The normalized spacial score (nSPS) is 19.7. The maximum absolute atomic E-state index is 11.7. The minimum Gasteiger partial charge on any atom is -0.462 e. The molecule has 2 N–H and O–H groups in total. The Balaban J connectivity index is 2.15. The summed E-state index contributed by atoms with van der Waals surface area (Å²) in [6.45, 7) is 5.75. The van der Waals surface area contributed by atoms with Crippen molar-refractivity contribution >= 4 is 22.4 Å². The average molecular weight is 255 g/mol. The molecule has 1 aliphatic heterocycles. The van der Waals surface area contributed by atoms with Gasteiger partial charge in [-0.3, -0.25) is 0 Å². The second-order valence-electron chi connectivity index (χ2n) is 4.13. The van der Waals surface area contributed by atoms with Gasteiger partial charge in [-0.2, -0.15) is 0 Å². The van der Waals surface area contributed by atoms with Crippen molar-refractivity contribution in [1.29, 1.82) is 0 Å². The van der Waals surface area contributed by atoms with E-state index in [0.29, 0.717) is 11.5 Å². The Hall–Kier alpha value is -1.14. The number of rotatable bonds is 3. The van der Waals surface area contributed by atoms with E-state index in [1.807, 2.05) is 6.92 Å². The Bertz CT molecular complexity index is 419. The van der Waals surface area contributed by atoms with Gasteiger partial charge < -0.3 is 15.4 Å². The summed E-state index contributed by atoms with van der Waals surface area (Å²) in [6, 6.07) is 0.213. The Morgan fingerprint density at radius 2 is 2.47 bits per heavy atom. The van der Waals surface area contributed by atoms with Gasteiger partial charge >= 0.3 is 5.97 Å². The van der Waals surface area contributed by atoms with Crippen molar-refractivity contribution in [3.63, 3.8) is 0 Å².